The zero-order valence-electron chi connectivity index (χ0n) is 3.38. The van der Waals surface area contributed by atoms with Gasteiger partial charge in [-0.05, 0) is 9.47 Å². The topological polar surface area (TPSA) is 20.2 Å². The molecule has 4 heavy (non-hydrogen) atoms. The fraction of sp³-hybridized carbons (Fsp3) is 0. The van der Waals surface area contributed by atoms with E-state index in [1.165, 1.54) is 9.47 Å². The van der Waals surface area contributed by atoms with E-state index >= 15 is 0 Å². The Balaban J connectivity index is -0.00000000167. The van der Waals surface area contributed by atoms with Crippen LogP contribution in [-0.4, -0.2) is 4.89 Å². The molecular weight excluding hydrogens is 110 g/mol. The first-order chi connectivity index (χ1) is 1.00. The third-order valence-corrected chi connectivity index (χ3v) is 0. The monoisotopic (exact) mass is 114 g/mol. The zero-order valence-corrected chi connectivity index (χ0v) is 4.64. The fourth-order valence-corrected chi connectivity index (χ4v) is 0. The third kappa shape index (κ3) is 9.71. The van der Waals surface area contributed by atoms with Crippen LogP contribution < -0.4 is 18.9 Å². The minimum absolute atomic E-state index is 0. The molecule has 1 atom stereocenters. The minimum atomic E-state index is 0. The molecule has 0 aliphatic carbocycles. The van der Waals surface area contributed by atoms with Gasteiger partial charge in [-0.2, -0.15) is 0 Å². The van der Waals surface area contributed by atoms with Crippen molar-refractivity contribution in [1.82, 2.24) is 0 Å². The molecule has 0 aliphatic rings. The first kappa shape index (κ1) is 17.8. The van der Waals surface area contributed by atoms with Gasteiger partial charge in [-0.1, -0.05) is 0 Å². The van der Waals surface area contributed by atoms with Crippen molar-refractivity contribution in [3.63, 3.8) is 0 Å². The van der Waals surface area contributed by atoms with Crippen molar-refractivity contribution in [2.45, 2.75) is 0 Å². The van der Waals surface area contributed by atoms with Crippen LogP contribution in [0.4, 0.5) is 0 Å². The summed E-state index contributed by atoms with van der Waals surface area (Å²) in [6.45, 7) is 0. The summed E-state index contributed by atoms with van der Waals surface area (Å²) >= 11 is 0. The Bertz CT molecular complexity index is 11.6. The predicted molar refractivity (Wildman–Crippen MR) is 13.0 cm³/mol. The molecule has 0 aliphatic heterocycles. The SMILES string of the molecule is OP.[Fe].[H-].[Li+]. The average Bonchev–Trinajstić information content (AvgIpc) is 1.00. The molecule has 0 fully saturated rings. The maximum absolute atomic E-state index is 6.92. The summed E-state index contributed by atoms with van der Waals surface area (Å²) in [5.41, 5.74) is 0. The second-order valence-electron chi connectivity index (χ2n) is 0. The van der Waals surface area contributed by atoms with E-state index in [1.807, 2.05) is 0 Å². The normalized spacial score (nSPS) is 1.50. The summed E-state index contributed by atoms with van der Waals surface area (Å²) in [4.78, 5) is 6.92. The van der Waals surface area contributed by atoms with Gasteiger partial charge < -0.3 is 6.32 Å². The third-order valence-electron chi connectivity index (χ3n) is 0. The van der Waals surface area contributed by atoms with Crippen molar-refractivity contribution in [3.05, 3.63) is 0 Å². The van der Waals surface area contributed by atoms with Crippen LogP contribution in [0.1, 0.15) is 1.43 Å². The van der Waals surface area contributed by atoms with Gasteiger partial charge in [-0.15, -0.1) is 0 Å². The number of hydrogen-bond donors (Lipinski definition) is 1. The van der Waals surface area contributed by atoms with Crippen molar-refractivity contribution in [3.8, 4) is 0 Å². The molecule has 0 heterocycles. The molecule has 1 unspecified atom stereocenters. The standard InChI is InChI=1S/Fe.Li.H3OP.H/c;;1-2;/h;;1H,2H2;/q;+1;;-1. The second kappa shape index (κ2) is 24.4. The van der Waals surface area contributed by atoms with E-state index in [-0.39, 0.29) is 37.4 Å². The van der Waals surface area contributed by atoms with Crippen LogP contribution in [0.3, 0.4) is 0 Å². The molecule has 24 valence electrons. The van der Waals surface area contributed by atoms with Crippen molar-refractivity contribution >= 4 is 9.47 Å². The largest absolute Gasteiger partial charge is 1.00 e. The van der Waals surface area contributed by atoms with Crippen LogP contribution in [0, 0.1) is 0 Å². The van der Waals surface area contributed by atoms with Crippen molar-refractivity contribution in [1.29, 1.82) is 0 Å². The molecule has 0 aromatic carbocycles. The molecule has 1 nitrogen and oxygen atoms in total. The summed E-state index contributed by atoms with van der Waals surface area (Å²) in [5, 5.41) is 0. The zero-order chi connectivity index (χ0) is 2.00. The van der Waals surface area contributed by atoms with Gasteiger partial charge in [0.1, 0.15) is 0 Å². The summed E-state index contributed by atoms with van der Waals surface area (Å²) in [5.74, 6) is 0. The summed E-state index contributed by atoms with van der Waals surface area (Å²) in [7, 11) is 1.42. The Morgan fingerprint density at radius 2 is 1.50 bits per heavy atom. The first-order valence-corrected chi connectivity index (χ1v) is 0.775. The molecule has 0 spiro atoms. The van der Waals surface area contributed by atoms with E-state index in [0.717, 1.165) is 0 Å². The molecule has 0 amide bonds. The van der Waals surface area contributed by atoms with Gasteiger partial charge in [0.05, 0.1) is 0 Å². The molecular formula is H4FeLiOP. The van der Waals surface area contributed by atoms with E-state index in [2.05, 4.69) is 0 Å². The van der Waals surface area contributed by atoms with Gasteiger partial charge in [-0.3, -0.25) is 0 Å². The van der Waals surface area contributed by atoms with Crippen LogP contribution >= 0.6 is 9.47 Å². The van der Waals surface area contributed by atoms with Gasteiger partial charge in [0, 0.05) is 17.1 Å². The van der Waals surface area contributed by atoms with Gasteiger partial charge in [0.15, 0.2) is 0 Å². The summed E-state index contributed by atoms with van der Waals surface area (Å²) in [6, 6.07) is 0. The number of rotatable bonds is 0. The van der Waals surface area contributed by atoms with Crippen LogP contribution in [0.2, 0.25) is 0 Å². The Kier molecular flexibility index (Phi) is 109. The van der Waals surface area contributed by atoms with Crippen molar-refractivity contribution in [2.24, 2.45) is 0 Å². The number of hydrogen-bond acceptors (Lipinski definition) is 1. The Labute approximate surface area is 52.0 Å². The minimum Gasteiger partial charge on any atom is -1.00 e. The molecule has 0 bridgehead atoms. The van der Waals surface area contributed by atoms with E-state index in [4.69, 9.17) is 4.89 Å². The molecule has 0 aromatic heterocycles. The Hall–Kier alpha value is 1.51. The Morgan fingerprint density at radius 3 is 1.50 bits per heavy atom. The van der Waals surface area contributed by atoms with E-state index in [1.54, 1.807) is 0 Å². The summed E-state index contributed by atoms with van der Waals surface area (Å²) in [6.07, 6.45) is 0. The maximum Gasteiger partial charge on any atom is 1.00 e. The molecule has 0 saturated carbocycles. The van der Waals surface area contributed by atoms with E-state index in [9.17, 15) is 0 Å². The molecule has 0 rings (SSSR count). The van der Waals surface area contributed by atoms with E-state index < -0.39 is 0 Å². The molecule has 0 radical (unpaired) electrons. The predicted octanol–water partition coefficient (Wildman–Crippen LogP) is -3.12. The molecule has 1 N–H and O–H groups in total. The van der Waals surface area contributed by atoms with E-state index in [0.29, 0.717) is 0 Å². The van der Waals surface area contributed by atoms with Crippen LogP contribution in [-0.2, 0) is 17.1 Å². The van der Waals surface area contributed by atoms with Crippen LogP contribution in [0.5, 0.6) is 0 Å². The Morgan fingerprint density at radius 1 is 1.50 bits per heavy atom. The van der Waals surface area contributed by atoms with Crippen LogP contribution in [0.15, 0.2) is 0 Å². The van der Waals surface area contributed by atoms with Gasteiger partial charge in [0.2, 0.25) is 0 Å². The smallest absolute Gasteiger partial charge is 1.00 e. The van der Waals surface area contributed by atoms with Crippen LogP contribution in [0.25, 0.3) is 0 Å². The van der Waals surface area contributed by atoms with Gasteiger partial charge >= 0.3 is 18.9 Å². The quantitative estimate of drug-likeness (QED) is 0.261. The van der Waals surface area contributed by atoms with Crippen molar-refractivity contribution < 1.29 is 42.2 Å². The second-order valence-corrected chi connectivity index (χ2v) is 0. The molecule has 4 heteroatoms. The molecule has 0 aromatic rings. The van der Waals surface area contributed by atoms with Crippen molar-refractivity contribution in [2.75, 3.05) is 0 Å². The van der Waals surface area contributed by atoms with Gasteiger partial charge in [-0.25, -0.2) is 0 Å². The molecule has 0 saturated heterocycles. The fourth-order valence-electron chi connectivity index (χ4n) is 0. The first-order valence-electron chi connectivity index (χ1n) is 0.258. The average molecular weight is 114 g/mol. The maximum atomic E-state index is 6.92. The van der Waals surface area contributed by atoms with Gasteiger partial charge in [0.25, 0.3) is 0 Å². The summed E-state index contributed by atoms with van der Waals surface area (Å²) < 4.78 is 0.